The molecule has 7 heteroatoms. The highest BCUT2D eigenvalue weighted by molar-refractivity contribution is 6.07. The van der Waals surface area contributed by atoms with Crippen LogP contribution in [0.25, 0.3) is 10.9 Å². The Kier molecular flexibility index (Phi) is 6.00. The van der Waals surface area contributed by atoms with Crippen LogP contribution in [0.1, 0.15) is 63.0 Å². The van der Waals surface area contributed by atoms with Crippen molar-refractivity contribution in [2.45, 2.75) is 58.0 Å². The summed E-state index contributed by atoms with van der Waals surface area (Å²) >= 11 is 0. The van der Waals surface area contributed by atoms with Gasteiger partial charge in [-0.2, -0.15) is 5.10 Å². The van der Waals surface area contributed by atoms with E-state index in [1.165, 1.54) is 0 Å². The molecule has 1 fully saturated rings. The maximum atomic E-state index is 13.5. The number of ether oxygens (including phenoxy) is 1. The number of benzene rings is 1. The van der Waals surface area contributed by atoms with Gasteiger partial charge in [-0.15, -0.1) is 0 Å². The number of methoxy groups -OCH3 is 1. The number of hydrogen-bond acceptors (Lipinski definition) is 5. The van der Waals surface area contributed by atoms with Crippen LogP contribution in [0.2, 0.25) is 0 Å². The van der Waals surface area contributed by atoms with Gasteiger partial charge < -0.3 is 9.53 Å². The lowest BCUT2D eigenvalue weighted by Crippen LogP contribution is -2.46. The van der Waals surface area contributed by atoms with Crippen LogP contribution in [0, 0.1) is 5.92 Å². The standard InChI is InChI=1S/C25H30N4O3/c1-25(2,3)29(24(31)20-7-5-6-12-26-20)22-13-18-15-28(27-21(18)14-23(22)32-4)19-10-8-17(16-30)9-11-19/h5-7,12-17,19H,8-11H2,1-4H3. The monoisotopic (exact) mass is 434 g/mol. The molecule has 0 atom stereocenters. The first-order chi connectivity index (χ1) is 15.3. The number of pyridine rings is 1. The zero-order chi connectivity index (χ0) is 22.9. The van der Waals surface area contributed by atoms with Crippen LogP contribution >= 0.6 is 0 Å². The van der Waals surface area contributed by atoms with Gasteiger partial charge in [0.15, 0.2) is 0 Å². The van der Waals surface area contributed by atoms with Gasteiger partial charge in [-0.3, -0.25) is 19.4 Å². The van der Waals surface area contributed by atoms with E-state index >= 15 is 0 Å². The van der Waals surface area contributed by atoms with Gasteiger partial charge in [0.2, 0.25) is 0 Å². The van der Waals surface area contributed by atoms with E-state index in [2.05, 4.69) is 4.98 Å². The second-order valence-corrected chi connectivity index (χ2v) is 9.42. The van der Waals surface area contributed by atoms with Crippen LogP contribution in [0.5, 0.6) is 5.75 Å². The largest absolute Gasteiger partial charge is 0.494 e. The minimum Gasteiger partial charge on any atom is -0.494 e. The molecule has 0 unspecified atom stereocenters. The first-order valence-corrected chi connectivity index (χ1v) is 11.1. The van der Waals surface area contributed by atoms with Crippen LogP contribution in [0.4, 0.5) is 5.69 Å². The summed E-state index contributed by atoms with van der Waals surface area (Å²) in [5.74, 6) is 0.572. The van der Waals surface area contributed by atoms with Gasteiger partial charge in [0.1, 0.15) is 17.7 Å². The van der Waals surface area contributed by atoms with Crippen molar-refractivity contribution >= 4 is 28.8 Å². The van der Waals surface area contributed by atoms with Crippen molar-refractivity contribution in [3.63, 3.8) is 0 Å². The Morgan fingerprint density at radius 1 is 1.19 bits per heavy atom. The summed E-state index contributed by atoms with van der Waals surface area (Å²) in [7, 11) is 1.61. The zero-order valence-electron chi connectivity index (χ0n) is 19.1. The van der Waals surface area contributed by atoms with E-state index in [4.69, 9.17) is 9.84 Å². The number of rotatable bonds is 5. The molecule has 0 spiro atoms. The van der Waals surface area contributed by atoms with Crippen molar-refractivity contribution in [2.24, 2.45) is 5.92 Å². The van der Waals surface area contributed by atoms with Crippen LogP contribution in [0.15, 0.2) is 42.7 Å². The molecule has 1 amide bonds. The minimum absolute atomic E-state index is 0.167. The summed E-state index contributed by atoms with van der Waals surface area (Å²) in [6, 6.07) is 9.47. The molecule has 0 aliphatic heterocycles. The lowest BCUT2D eigenvalue weighted by atomic mass is 9.87. The van der Waals surface area contributed by atoms with E-state index in [0.29, 0.717) is 17.1 Å². The Labute approximate surface area is 188 Å². The van der Waals surface area contributed by atoms with Gasteiger partial charge in [0.05, 0.1) is 24.4 Å². The van der Waals surface area contributed by atoms with Crippen molar-refractivity contribution in [3.8, 4) is 5.75 Å². The Balaban J connectivity index is 1.75. The van der Waals surface area contributed by atoms with E-state index in [1.54, 1.807) is 30.3 Å². The Morgan fingerprint density at radius 3 is 2.53 bits per heavy atom. The fraction of sp³-hybridized carbons (Fsp3) is 0.440. The molecule has 3 aromatic rings. The normalized spacial score (nSPS) is 19.0. The third-order valence-electron chi connectivity index (χ3n) is 6.13. The highest BCUT2D eigenvalue weighted by atomic mass is 16.5. The van der Waals surface area contributed by atoms with E-state index in [0.717, 1.165) is 42.9 Å². The highest BCUT2D eigenvalue weighted by Crippen LogP contribution is 2.38. The topological polar surface area (TPSA) is 77.3 Å². The number of carbonyl (C=O) groups excluding carboxylic acids is 2. The van der Waals surface area contributed by atoms with Crippen molar-refractivity contribution in [1.29, 1.82) is 0 Å². The van der Waals surface area contributed by atoms with Gasteiger partial charge >= 0.3 is 0 Å². The highest BCUT2D eigenvalue weighted by Gasteiger charge is 2.32. The summed E-state index contributed by atoms with van der Waals surface area (Å²) in [4.78, 5) is 30.5. The molecule has 2 heterocycles. The fourth-order valence-electron chi connectivity index (χ4n) is 4.47. The predicted molar refractivity (Wildman–Crippen MR) is 124 cm³/mol. The molecule has 1 aliphatic carbocycles. The van der Waals surface area contributed by atoms with Crippen LogP contribution in [-0.2, 0) is 4.79 Å². The first kappa shape index (κ1) is 22.0. The molecular weight excluding hydrogens is 404 g/mol. The zero-order valence-corrected chi connectivity index (χ0v) is 19.1. The molecule has 2 aromatic heterocycles. The molecule has 7 nitrogen and oxygen atoms in total. The molecule has 168 valence electrons. The van der Waals surface area contributed by atoms with Crippen molar-refractivity contribution in [2.75, 3.05) is 12.0 Å². The van der Waals surface area contributed by atoms with E-state index in [9.17, 15) is 9.59 Å². The number of aldehydes is 1. The quantitative estimate of drug-likeness (QED) is 0.538. The second kappa shape index (κ2) is 8.73. The second-order valence-electron chi connectivity index (χ2n) is 9.42. The summed E-state index contributed by atoms with van der Waals surface area (Å²) in [5, 5.41) is 5.74. The maximum Gasteiger partial charge on any atom is 0.277 e. The predicted octanol–water partition coefficient (Wildman–Crippen LogP) is 4.82. The molecule has 0 saturated heterocycles. The van der Waals surface area contributed by atoms with Crippen LogP contribution in [0.3, 0.4) is 0 Å². The van der Waals surface area contributed by atoms with Crippen LogP contribution in [-0.4, -0.2) is 39.6 Å². The SMILES string of the molecule is COc1cc2nn(C3CCC(C=O)CC3)cc2cc1N(C(=O)c1ccccn1)C(C)(C)C. The maximum absolute atomic E-state index is 13.5. The number of amides is 1. The summed E-state index contributed by atoms with van der Waals surface area (Å²) < 4.78 is 7.71. The van der Waals surface area contributed by atoms with Gasteiger partial charge in [0.25, 0.3) is 5.91 Å². The van der Waals surface area contributed by atoms with E-state index < -0.39 is 5.54 Å². The molecule has 1 saturated carbocycles. The average molecular weight is 435 g/mol. The number of hydrogen-bond donors (Lipinski definition) is 0. The van der Waals surface area contributed by atoms with Crippen molar-refractivity contribution < 1.29 is 14.3 Å². The number of anilines is 1. The third-order valence-corrected chi connectivity index (χ3v) is 6.13. The molecule has 0 bridgehead atoms. The molecule has 1 aliphatic rings. The van der Waals surface area contributed by atoms with E-state index in [-0.39, 0.29) is 17.9 Å². The summed E-state index contributed by atoms with van der Waals surface area (Å²) in [5.41, 5.74) is 1.39. The van der Waals surface area contributed by atoms with Crippen molar-refractivity contribution in [3.05, 3.63) is 48.4 Å². The molecule has 32 heavy (non-hydrogen) atoms. The molecule has 1 aromatic carbocycles. The number of nitrogens with zero attached hydrogens (tertiary/aromatic N) is 4. The number of carbonyl (C=O) groups is 2. The van der Waals surface area contributed by atoms with Crippen LogP contribution < -0.4 is 9.64 Å². The summed E-state index contributed by atoms with van der Waals surface area (Å²) in [6.07, 6.45) is 8.41. The Hall–Kier alpha value is -3.22. The number of fused-ring (bicyclic) bond motifs is 1. The molecule has 0 N–H and O–H groups in total. The Bertz CT molecular complexity index is 1110. The first-order valence-electron chi connectivity index (χ1n) is 11.1. The average Bonchev–Trinajstić information content (AvgIpc) is 3.21. The molecule has 4 rings (SSSR count). The van der Waals surface area contributed by atoms with Gasteiger partial charge in [-0.25, -0.2) is 0 Å². The minimum atomic E-state index is -0.501. The van der Waals surface area contributed by atoms with Crippen molar-refractivity contribution in [1.82, 2.24) is 14.8 Å². The van der Waals surface area contributed by atoms with Gasteiger partial charge in [-0.1, -0.05) is 6.07 Å². The van der Waals surface area contributed by atoms with Gasteiger partial charge in [-0.05, 0) is 64.7 Å². The number of aromatic nitrogens is 3. The fourth-order valence-corrected chi connectivity index (χ4v) is 4.47. The lowest BCUT2D eigenvalue weighted by molar-refractivity contribution is -0.112. The third kappa shape index (κ3) is 4.24. The van der Waals surface area contributed by atoms with E-state index in [1.807, 2.05) is 49.8 Å². The lowest BCUT2D eigenvalue weighted by Gasteiger charge is -2.36. The molecule has 0 radical (unpaired) electrons. The smallest absolute Gasteiger partial charge is 0.277 e. The Morgan fingerprint density at radius 2 is 1.94 bits per heavy atom. The van der Waals surface area contributed by atoms with Gasteiger partial charge in [0, 0.05) is 35.3 Å². The molecular formula is C25H30N4O3. The summed E-state index contributed by atoms with van der Waals surface area (Å²) in [6.45, 7) is 5.98.